The molecule has 28 heavy (non-hydrogen) atoms. The molecule has 1 unspecified atom stereocenters. The zero-order chi connectivity index (χ0) is 20.5. The molecule has 148 valence electrons. The molecule has 3 rings (SSSR count). The first kappa shape index (κ1) is 19.8. The number of ether oxygens (including phenoxy) is 2. The fraction of sp³-hybridized carbons (Fsp3) is 0.222. The predicted octanol–water partition coefficient (Wildman–Crippen LogP) is 2.14. The average molecular weight is 404 g/mol. The van der Waals surface area contributed by atoms with Crippen molar-refractivity contribution in [1.82, 2.24) is 14.5 Å². The van der Waals surface area contributed by atoms with E-state index in [0.29, 0.717) is 28.0 Å². The summed E-state index contributed by atoms with van der Waals surface area (Å²) in [6, 6.07) is 10.5. The number of hydrogen-bond donors (Lipinski definition) is 3. The Hall–Kier alpha value is -2.95. The molecule has 0 saturated carbocycles. The van der Waals surface area contributed by atoms with Gasteiger partial charge in [-0.2, -0.15) is 5.10 Å². The number of aromatic nitrogens is 2. The third-order valence-electron chi connectivity index (χ3n) is 4.25. The van der Waals surface area contributed by atoms with Crippen LogP contribution in [0.25, 0.3) is 22.0 Å². The molecule has 3 aromatic rings. The minimum Gasteiger partial charge on any atom is -0.493 e. The van der Waals surface area contributed by atoms with Gasteiger partial charge in [-0.3, -0.25) is 9.35 Å². The highest BCUT2D eigenvalue weighted by molar-refractivity contribution is 7.84. The highest BCUT2D eigenvalue weighted by Crippen LogP contribution is 2.34. The maximum absolute atomic E-state index is 12.5. The third-order valence-corrected chi connectivity index (χ3v) is 4.79. The first-order valence-electron chi connectivity index (χ1n) is 8.21. The number of nitrogens with one attached hydrogen (secondary N) is 2. The molecule has 1 atom stereocenters. The van der Waals surface area contributed by atoms with Crippen LogP contribution in [-0.4, -0.2) is 32.8 Å². The molecule has 0 amide bonds. The summed E-state index contributed by atoms with van der Waals surface area (Å²) in [5, 5.41) is 5.46. The summed E-state index contributed by atoms with van der Waals surface area (Å²) < 4.78 is 41.1. The number of benzene rings is 2. The van der Waals surface area contributed by atoms with Crippen LogP contribution in [-0.2, 0) is 23.8 Å². The summed E-state index contributed by atoms with van der Waals surface area (Å²) in [7, 11) is 0.835. The SMILES string of the molecule is COc1cc2c(-c3ccc(CNS(=N)(=O)O)cc3)nn(C)c(=O)c2cc1OC. The Morgan fingerprint density at radius 3 is 2.25 bits per heavy atom. The lowest BCUT2D eigenvalue weighted by molar-refractivity contribution is 0.356. The quantitative estimate of drug-likeness (QED) is 0.578. The van der Waals surface area contributed by atoms with Crippen molar-refractivity contribution in [1.29, 1.82) is 4.78 Å². The molecular weight excluding hydrogens is 384 g/mol. The Balaban J connectivity index is 2.12. The molecule has 0 saturated heterocycles. The Morgan fingerprint density at radius 2 is 1.71 bits per heavy atom. The first-order chi connectivity index (χ1) is 13.2. The maximum atomic E-state index is 12.5. The van der Waals surface area contributed by atoms with Crippen molar-refractivity contribution >= 4 is 21.0 Å². The van der Waals surface area contributed by atoms with Crippen LogP contribution in [0, 0.1) is 4.78 Å². The Bertz CT molecular complexity index is 1190. The number of fused-ring (bicyclic) bond motifs is 1. The van der Waals surface area contributed by atoms with Crippen LogP contribution in [0.5, 0.6) is 11.5 Å². The van der Waals surface area contributed by atoms with Crippen LogP contribution < -0.4 is 19.8 Å². The highest BCUT2D eigenvalue weighted by atomic mass is 32.2. The van der Waals surface area contributed by atoms with Crippen LogP contribution >= 0.6 is 0 Å². The van der Waals surface area contributed by atoms with Crippen molar-refractivity contribution in [3.63, 3.8) is 0 Å². The highest BCUT2D eigenvalue weighted by Gasteiger charge is 2.15. The van der Waals surface area contributed by atoms with Gasteiger partial charge in [0.05, 0.1) is 25.3 Å². The second-order valence-corrected chi connectivity index (χ2v) is 7.41. The molecule has 1 heterocycles. The molecule has 0 fully saturated rings. The molecule has 0 radical (unpaired) electrons. The van der Waals surface area contributed by atoms with Crippen LogP contribution in [0.2, 0.25) is 0 Å². The predicted molar refractivity (Wildman–Crippen MR) is 106 cm³/mol. The molecule has 2 aromatic carbocycles. The van der Waals surface area contributed by atoms with Crippen LogP contribution in [0.15, 0.2) is 41.2 Å². The van der Waals surface area contributed by atoms with Crippen LogP contribution in [0.1, 0.15) is 5.56 Å². The molecule has 3 N–H and O–H groups in total. The molecule has 0 aliphatic carbocycles. The molecule has 0 bridgehead atoms. The standard InChI is InChI=1S/C18H20N4O5S/c1-22-18(23)14-9-16(27-3)15(26-2)8-13(14)17(21-22)12-6-4-11(5-7-12)10-20-28(19,24)25/h4-9H,10H2,1-3H3,(H3,19,20,24,25). The summed E-state index contributed by atoms with van der Waals surface area (Å²) in [6.45, 7) is 0.0750. The maximum Gasteiger partial charge on any atom is 0.274 e. The topological polar surface area (TPSA) is 127 Å². The van der Waals surface area contributed by atoms with Gasteiger partial charge in [0, 0.05) is 24.5 Å². The van der Waals surface area contributed by atoms with Crippen molar-refractivity contribution in [2.45, 2.75) is 6.54 Å². The minimum absolute atomic E-state index is 0.0750. The third kappa shape index (κ3) is 3.98. The zero-order valence-electron chi connectivity index (χ0n) is 15.6. The lowest BCUT2D eigenvalue weighted by Crippen LogP contribution is -2.21. The zero-order valence-corrected chi connectivity index (χ0v) is 16.4. The van der Waals surface area contributed by atoms with Gasteiger partial charge in [-0.1, -0.05) is 24.3 Å². The minimum atomic E-state index is -3.76. The van der Waals surface area contributed by atoms with E-state index in [9.17, 15) is 9.00 Å². The van der Waals surface area contributed by atoms with E-state index in [1.54, 1.807) is 43.4 Å². The van der Waals surface area contributed by atoms with Gasteiger partial charge in [0.25, 0.3) is 5.56 Å². The summed E-state index contributed by atoms with van der Waals surface area (Å²) in [4.78, 5) is 12.5. The molecule has 1 aromatic heterocycles. The summed E-state index contributed by atoms with van der Waals surface area (Å²) >= 11 is 0. The van der Waals surface area contributed by atoms with Gasteiger partial charge in [0.2, 0.25) is 10.2 Å². The number of rotatable bonds is 6. The second kappa shape index (κ2) is 7.58. The van der Waals surface area contributed by atoms with E-state index in [4.69, 9.17) is 18.8 Å². The van der Waals surface area contributed by atoms with Gasteiger partial charge >= 0.3 is 0 Å². The Morgan fingerprint density at radius 1 is 1.14 bits per heavy atom. The van der Waals surface area contributed by atoms with E-state index in [1.165, 1.54) is 18.9 Å². The molecule has 0 spiro atoms. The van der Waals surface area contributed by atoms with Gasteiger partial charge in [-0.25, -0.2) is 18.4 Å². The van der Waals surface area contributed by atoms with Gasteiger partial charge in [0.15, 0.2) is 11.5 Å². The summed E-state index contributed by atoms with van der Waals surface area (Å²) in [5.41, 5.74) is 1.82. The largest absolute Gasteiger partial charge is 0.493 e. The van der Waals surface area contributed by atoms with Gasteiger partial charge in [-0.05, 0) is 17.7 Å². The number of hydrogen-bond acceptors (Lipinski definition) is 6. The lowest BCUT2D eigenvalue weighted by Gasteiger charge is -2.13. The normalized spacial score (nSPS) is 13.3. The first-order valence-corrected chi connectivity index (χ1v) is 9.73. The van der Waals surface area contributed by atoms with Crippen molar-refractivity contribution < 1.29 is 18.2 Å². The molecule has 9 nitrogen and oxygen atoms in total. The van der Waals surface area contributed by atoms with Crippen LogP contribution in [0.3, 0.4) is 0 Å². The van der Waals surface area contributed by atoms with Crippen molar-refractivity contribution in [2.75, 3.05) is 14.2 Å². The van der Waals surface area contributed by atoms with E-state index in [1.807, 2.05) is 0 Å². The fourth-order valence-corrected chi connectivity index (χ4v) is 3.21. The Labute approximate surface area is 161 Å². The average Bonchev–Trinajstić information content (AvgIpc) is 2.68. The van der Waals surface area contributed by atoms with E-state index in [-0.39, 0.29) is 12.1 Å². The van der Waals surface area contributed by atoms with Gasteiger partial charge < -0.3 is 9.47 Å². The molecular formula is C18H20N4O5S. The fourth-order valence-electron chi connectivity index (χ4n) is 2.85. The van der Waals surface area contributed by atoms with Crippen molar-refractivity contribution in [2.24, 2.45) is 7.05 Å². The molecule has 10 heteroatoms. The molecule has 0 aliphatic rings. The monoisotopic (exact) mass is 404 g/mol. The summed E-state index contributed by atoms with van der Waals surface area (Å²) in [5.74, 6) is 0.939. The van der Waals surface area contributed by atoms with E-state index >= 15 is 0 Å². The van der Waals surface area contributed by atoms with Crippen molar-refractivity contribution in [3.8, 4) is 22.8 Å². The van der Waals surface area contributed by atoms with E-state index in [0.717, 1.165) is 11.1 Å². The number of nitrogens with zero attached hydrogens (tertiary/aromatic N) is 2. The number of methoxy groups -OCH3 is 2. The van der Waals surface area contributed by atoms with Crippen LogP contribution in [0.4, 0.5) is 0 Å². The van der Waals surface area contributed by atoms with Gasteiger partial charge in [-0.15, -0.1) is 0 Å². The second-order valence-electron chi connectivity index (χ2n) is 6.07. The Kier molecular flexibility index (Phi) is 5.36. The lowest BCUT2D eigenvalue weighted by atomic mass is 10.0. The van der Waals surface area contributed by atoms with E-state index in [2.05, 4.69) is 9.82 Å². The van der Waals surface area contributed by atoms with Crippen molar-refractivity contribution in [3.05, 3.63) is 52.3 Å². The van der Waals surface area contributed by atoms with Gasteiger partial charge in [0.1, 0.15) is 0 Å². The summed E-state index contributed by atoms with van der Waals surface area (Å²) in [6.07, 6.45) is 0. The smallest absolute Gasteiger partial charge is 0.274 e. The number of aryl methyl sites for hydroxylation is 1. The van der Waals surface area contributed by atoms with E-state index < -0.39 is 10.2 Å². The molecule has 0 aliphatic heterocycles.